The maximum atomic E-state index is 13.8. The third kappa shape index (κ3) is 2.52. The Bertz CT molecular complexity index is 1870. The van der Waals surface area contributed by atoms with Gasteiger partial charge < -0.3 is 0 Å². The van der Waals surface area contributed by atoms with E-state index in [0.29, 0.717) is 0 Å². The van der Waals surface area contributed by atoms with Gasteiger partial charge in [0.2, 0.25) is 0 Å². The molecule has 2 aromatic heterocycles. The lowest BCUT2D eigenvalue weighted by Gasteiger charge is -2.11. The van der Waals surface area contributed by atoms with Gasteiger partial charge >= 0.3 is 0 Å². The van der Waals surface area contributed by atoms with Crippen molar-refractivity contribution in [1.29, 1.82) is 0 Å². The fraction of sp³-hybridized carbons (Fsp3) is 0. The van der Waals surface area contributed by atoms with E-state index in [1.54, 1.807) is 0 Å². The summed E-state index contributed by atoms with van der Waals surface area (Å²) in [6.07, 6.45) is 0. The van der Waals surface area contributed by atoms with Crippen molar-refractivity contribution >= 4 is 38.0 Å². The summed E-state index contributed by atoms with van der Waals surface area (Å²) in [4.78, 5) is 13.8. The quantitative estimate of drug-likeness (QED) is 0.264. The largest absolute Gasteiger partial charge is 0.275 e. The van der Waals surface area contributed by atoms with Crippen LogP contribution in [0.15, 0.2) is 120 Å². The Morgan fingerprint density at radius 3 is 1.88 bits per heavy atom. The van der Waals surface area contributed by atoms with Crippen LogP contribution in [0.1, 0.15) is 0 Å². The SMILES string of the molecule is O=c1c2ccccc2c2c(-c3ccccc3)ccc3c4ccc(-c5ccccc5)cc4n1c32. The number of fused-ring (bicyclic) bond motifs is 5. The van der Waals surface area contributed by atoms with Gasteiger partial charge in [0.1, 0.15) is 0 Å². The van der Waals surface area contributed by atoms with Crippen molar-refractivity contribution in [2.75, 3.05) is 0 Å². The summed E-state index contributed by atoms with van der Waals surface area (Å²) in [6, 6.07) is 39.6. The van der Waals surface area contributed by atoms with E-state index in [4.69, 9.17) is 0 Å². The van der Waals surface area contributed by atoms with Gasteiger partial charge in [-0.25, -0.2) is 0 Å². The Morgan fingerprint density at radius 2 is 1.12 bits per heavy atom. The maximum Gasteiger partial charge on any atom is 0.263 e. The van der Waals surface area contributed by atoms with Gasteiger partial charge in [-0.15, -0.1) is 0 Å². The van der Waals surface area contributed by atoms with Crippen LogP contribution >= 0.6 is 0 Å². The summed E-state index contributed by atoms with van der Waals surface area (Å²) < 4.78 is 1.93. The van der Waals surface area contributed by atoms with Gasteiger partial charge in [-0.05, 0) is 39.8 Å². The zero-order chi connectivity index (χ0) is 21.9. The van der Waals surface area contributed by atoms with Gasteiger partial charge in [0.05, 0.1) is 11.0 Å². The second-order valence-corrected chi connectivity index (χ2v) is 8.53. The maximum absolute atomic E-state index is 13.8. The molecule has 0 saturated heterocycles. The molecular formula is C31H19NO. The number of aromatic nitrogens is 1. The molecule has 0 amide bonds. The van der Waals surface area contributed by atoms with E-state index >= 15 is 0 Å². The summed E-state index contributed by atoms with van der Waals surface area (Å²) in [5.41, 5.74) is 6.55. The van der Waals surface area contributed by atoms with Gasteiger partial charge in [-0.3, -0.25) is 9.20 Å². The predicted octanol–water partition coefficient (Wildman–Crippen LogP) is 7.53. The fourth-order valence-corrected chi connectivity index (χ4v) is 5.27. The molecule has 0 atom stereocenters. The van der Waals surface area contributed by atoms with Gasteiger partial charge in [0, 0.05) is 21.5 Å². The van der Waals surface area contributed by atoms with E-state index in [1.807, 2.05) is 46.9 Å². The Hall–Kier alpha value is -4.43. The molecule has 0 fully saturated rings. The summed E-state index contributed by atoms with van der Waals surface area (Å²) in [5.74, 6) is 0. The average Bonchev–Trinajstić information content (AvgIpc) is 3.22. The van der Waals surface area contributed by atoms with Crippen LogP contribution in [0.25, 0.3) is 60.2 Å². The van der Waals surface area contributed by atoms with Crippen molar-refractivity contribution < 1.29 is 0 Å². The minimum Gasteiger partial charge on any atom is -0.275 e. The van der Waals surface area contributed by atoms with Crippen LogP contribution < -0.4 is 5.56 Å². The van der Waals surface area contributed by atoms with Crippen LogP contribution in [0.3, 0.4) is 0 Å². The van der Waals surface area contributed by atoms with E-state index in [2.05, 4.69) is 72.8 Å². The van der Waals surface area contributed by atoms with Crippen LogP contribution in [0, 0.1) is 0 Å². The number of pyridine rings is 1. The summed E-state index contributed by atoms with van der Waals surface area (Å²) in [7, 11) is 0. The lowest BCUT2D eigenvalue weighted by Crippen LogP contribution is -2.13. The Labute approximate surface area is 190 Å². The molecule has 7 aromatic rings. The molecule has 2 nitrogen and oxygen atoms in total. The molecule has 7 rings (SSSR count). The Kier molecular flexibility index (Phi) is 3.73. The molecule has 154 valence electrons. The van der Waals surface area contributed by atoms with Crippen LogP contribution in [-0.4, -0.2) is 4.40 Å². The molecule has 0 unspecified atom stereocenters. The summed E-state index contributed by atoms with van der Waals surface area (Å²) in [5, 5.41) is 5.10. The molecule has 0 saturated carbocycles. The van der Waals surface area contributed by atoms with Crippen molar-refractivity contribution in [3.63, 3.8) is 0 Å². The molecule has 2 heteroatoms. The molecule has 2 heterocycles. The standard InChI is InChI=1S/C31H19NO/c33-31-27-14-8-7-13-25(27)29-23(21-11-5-2-6-12-21)17-18-26-24-16-15-22(20-9-3-1-4-10-20)19-28(24)32(31)30(26)29/h1-19H. The lowest BCUT2D eigenvalue weighted by molar-refractivity contribution is 1.21. The highest BCUT2D eigenvalue weighted by Crippen LogP contribution is 2.40. The highest BCUT2D eigenvalue weighted by molar-refractivity contribution is 6.24. The van der Waals surface area contributed by atoms with Crippen molar-refractivity contribution in [2.24, 2.45) is 0 Å². The Morgan fingerprint density at radius 1 is 0.485 bits per heavy atom. The van der Waals surface area contributed by atoms with Crippen molar-refractivity contribution in [3.05, 3.63) is 126 Å². The van der Waals surface area contributed by atoms with Gasteiger partial charge in [-0.2, -0.15) is 0 Å². The van der Waals surface area contributed by atoms with Crippen LogP contribution in [0.2, 0.25) is 0 Å². The number of rotatable bonds is 2. The minimum absolute atomic E-state index is 0.0357. The molecule has 0 spiro atoms. The van der Waals surface area contributed by atoms with Crippen LogP contribution in [-0.2, 0) is 0 Å². The molecule has 5 aromatic carbocycles. The number of hydrogen-bond acceptors (Lipinski definition) is 1. The highest BCUT2D eigenvalue weighted by atomic mass is 16.1. The third-order valence-electron chi connectivity index (χ3n) is 6.75. The Balaban J connectivity index is 1.72. The predicted molar refractivity (Wildman–Crippen MR) is 138 cm³/mol. The lowest BCUT2D eigenvalue weighted by atomic mass is 9.95. The highest BCUT2D eigenvalue weighted by Gasteiger charge is 2.20. The number of benzene rings is 5. The molecule has 0 aliphatic rings. The van der Waals surface area contributed by atoms with Crippen molar-refractivity contribution in [1.82, 2.24) is 4.40 Å². The van der Waals surface area contributed by atoms with Crippen molar-refractivity contribution in [3.8, 4) is 22.3 Å². The van der Waals surface area contributed by atoms with Gasteiger partial charge in [0.25, 0.3) is 5.56 Å². The first kappa shape index (κ1) is 18.2. The molecule has 0 bridgehead atoms. The first-order chi connectivity index (χ1) is 16.3. The first-order valence-corrected chi connectivity index (χ1v) is 11.2. The first-order valence-electron chi connectivity index (χ1n) is 11.2. The third-order valence-corrected chi connectivity index (χ3v) is 6.75. The van der Waals surface area contributed by atoms with E-state index in [9.17, 15) is 4.79 Å². The molecule has 0 aliphatic heterocycles. The van der Waals surface area contributed by atoms with E-state index in [1.165, 1.54) is 0 Å². The van der Waals surface area contributed by atoms with Crippen LogP contribution in [0.4, 0.5) is 0 Å². The molecule has 33 heavy (non-hydrogen) atoms. The topological polar surface area (TPSA) is 21.5 Å². The zero-order valence-electron chi connectivity index (χ0n) is 17.8. The minimum atomic E-state index is 0.0357. The summed E-state index contributed by atoms with van der Waals surface area (Å²) in [6.45, 7) is 0. The van der Waals surface area contributed by atoms with Crippen molar-refractivity contribution in [2.45, 2.75) is 0 Å². The smallest absolute Gasteiger partial charge is 0.263 e. The number of nitrogens with zero attached hydrogens (tertiary/aromatic N) is 1. The van der Waals surface area contributed by atoms with E-state index in [-0.39, 0.29) is 5.56 Å². The molecule has 0 aliphatic carbocycles. The molecular weight excluding hydrogens is 402 g/mol. The van der Waals surface area contributed by atoms with Crippen LogP contribution in [0.5, 0.6) is 0 Å². The average molecular weight is 421 g/mol. The van der Waals surface area contributed by atoms with Gasteiger partial charge in [0.15, 0.2) is 0 Å². The zero-order valence-corrected chi connectivity index (χ0v) is 17.8. The molecule has 0 radical (unpaired) electrons. The summed E-state index contributed by atoms with van der Waals surface area (Å²) >= 11 is 0. The molecule has 0 N–H and O–H groups in total. The van der Waals surface area contributed by atoms with E-state index < -0.39 is 0 Å². The normalized spacial score (nSPS) is 11.8. The van der Waals surface area contributed by atoms with E-state index in [0.717, 1.165) is 60.2 Å². The second-order valence-electron chi connectivity index (χ2n) is 8.53. The monoisotopic (exact) mass is 421 g/mol. The van der Waals surface area contributed by atoms with Gasteiger partial charge in [-0.1, -0.05) is 103 Å². The number of hydrogen-bond donors (Lipinski definition) is 0. The second kappa shape index (κ2) is 6.78. The fourth-order valence-electron chi connectivity index (χ4n) is 5.27.